The molecule has 0 bridgehead atoms. The van der Waals surface area contributed by atoms with Crippen molar-refractivity contribution in [3.05, 3.63) is 0 Å². The third kappa shape index (κ3) is 4.02. The van der Waals surface area contributed by atoms with E-state index < -0.39 is 0 Å². The number of morpholine rings is 1. The first-order valence-electron chi connectivity index (χ1n) is 6.42. The summed E-state index contributed by atoms with van der Waals surface area (Å²) in [6.45, 7) is 7.66. The number of hydrogen-bond donors (Lipinski definition) is 1. The fourth-order valence-corrected chi connectivity index (χ4v) is 3.45. The second-order valence-corrected chi connectivity index (χ2v) is 6.29. The number of carbonyl (C=O) groups excluding carboxylic acids is 1. The van der Waals surface area contributed by atoms with E-state index in [2.05, 4.69) is 19.2 Å². The number of amides is 1. The molecule has 18 heavy (non-hydrogen) atoms. The number of carbonyl (C=O) groups is 1. The summed E-state index contributed by atoms with van der Waals surface area (Å²) in [7, 11) is 0. The van der Waals surface area contributed by atoms with Crippen LogP contribution in [0.3, 0.4) is 0 Å². The number of rotatable bonds is 2. The molecule has 1 amide bonds. The van der Waals surface area contributed by atoms with Gasteiger partial charge in [0.15, 0.2) is 0 Å². The molecule has 2 aliphatic rings. The zero-order valence-electron chi connectivity index (χ0n) is 11.1. The minimum Gasteiger partial charge on any atom is -0.375 e. The van der Waals surface area contributed by atoms with E-state index in [1.165, 1.54) is 0 Å². The van der Waals surface area contributed by atoms with Crippen molar-refractivity contribution in [2.24, 2.45) is 0 Å². The summed E-state index contributed by atoms with van der Waals surface area (Å²) in [5.74, 6) is 1.31. The lowest BCUT2D eigenvalue weighted by atomic mass is 10.1. The molecule has 0 radical (unpaired) electrons. The normalized spacial score (nSPS) is 32.8. The summed E-state index contributed by atoms with van der Waals surface area (Å²) in [6, 6.07) is 0.345. The van der Waals surface area contributed by atoms with Crippen LogP contribution in [0.2, 0.25) is 0 Å². The van der Waals surface area contributed by atoms with E-state index in [9.17, 15) is 4.79 Å². The Morgan fingerprint density at radius 2 is 2.28 bits per heavy atom. The molecule has 3 unspecified atom stereocenters. The molecule has 6 heteroatoms. The van der Waals surface area contributed by atoms with Gasteiger partial charge in [0.25, 0.3) is 0 Å². The van der Waals surface area contributed by atoms with Crippen LogP contribution < -0.4 is 5.32 Å². The molecule has 0 aromatic heterocycles. The highest BCUT2D eigenvalue weighted by molar-refractivity contribution is 8.00. The fourth-order valence-electron chi connectivity index (χ4n) is 2.35. The Labute approximate surface area is 120 Å². The Morgan fingerprint density at radius 3 is 2.94 bits per heavy atom. The number of hydrogen-bond acceptors (Lipinski definition) is 4. The Kier molecular flexibility index (Phi) is 6.77. The lowest BCUT2D eigenvalue weighted by Crippen LogP contribution is -2.50. The summed E-state index contributed by atoms with van der Waals surface area (Å²) in [5.41, 5.74) is 0. The third-order valence-corrected chi connectivity index (χ3v) is 4.95. The first-order valence-corrected chi connectivity index (χ1v) is 7.46. The zero-order valence-corrected chi connectivity index (χ0v) is 12.7. The van der Waals surface area contributed by atoms with Crippen molar-refractivity contribution in [2.45, 2.75) is 37.7 Å². The average Bonchev–Trinajstić information content (AvgIpc) is 2.34. The van der Waals surface area contributed by atoms with Gasteiger partial charge in [-0.25, -0.2) is 0 Å². The highest BCUT2D eigenvalue weighted by Gasteiger charge is 2.30. The van der Waals surface area contributed by atoms with Crippen molar-refractivity contribution >= 4 is 30.1 Å². The van der Waals surface area contributed by atoms with Gasteiger partial charge in [-0.1, -0.05) is 6.92 Å². The zero-order chi connectivity index (χ0) is 12.3. The van der Waals surface area contributed by atoms with Crippen LogP contribution >= 0.6 is 24.2 Å². The smallest absolute Gasteiger partial charge is 0.225 e. The van der Waals surface area contributed by atoms with Crippen molar-refractivity contribution in [1.82, 2.24) is 10.2 Å². The minimum absolute atomic E-state index is 0. The largest absolute Gasteiger partial charge is 0.375 e. The van der Waals surface area contributed by atoms with Crippen LogP contribution in [0, 0.1) is 0 Å². The van der Waals surface area contributed by atoms with Gasteiger partial charge in [0, 0.05) is 36.7 Å². The molecule has 2 rings (SSSR count). The molecule has 0 spiro atoms. The number of thioether (sulfide) groups is 1. The SMILES string of the molecule is CC1SCCN(C(=O)CC2CNCCO2)C1C.Cl. The lowest BCUT2D eigenvalue weighted by Gasteiger charge is -2.38. The molecular formula is C12H23ClN2O2S. The summed E-state index contributed by atoms with van der Waals surface area (Å²) < 4.78 is 5.59. The maximum absolute atomic E-state index is 12.2. The summed E-state index contributed by atoms with van der Waals surface area (Å²) in [5, 5.41) is 3.80. The van der Waals surface area contributed by atoms with E-state index in [0.717, 1.165) is 32.0 Å². The second-order valence-electron chi connectivity index (χ2n) is 4.80. The Morgan fingerprint density at radius 1 is 1.50 bits per heavy atom. The van der Waals surface area contributed by atoms with E-state index in [-0.39, 0.29) is 24.4 Å². The van der Waals surface area contributed by atoms with Gasteiger partial charge in [0.2, 0.25) is 5.91 Å². The predicted octanol–water partition coefficient (Wildman–Crippen LogP) is 1.14. The molecule has 2 aliphatic heterocycles. The predicted molar refractivity (Wildman–Crippen MR) is 77.6 cm³/mol. The number of nitrogens with one attached hydrogen (secondary N) is 1. The molecule has 0 aliphatic carbocycles. The third-order valence-electron chi connectivity index (χ3n) is 3.61. The first kappa shape index (κ1) is 16.1. The molecule has 3 atom stereocenters. The monoisotopic (exact) mass is 294 g/mol. The van der Waals surface area contributed by atoms with Crippen LogP contribution in [0.4, 0.5) is 0 Å². The Bertz CT molecular complexity index is 275. The van der Waals surface area contributed by atoms with Crippen LogP contribution in [0.15, 0.2) is 0 Å². The quantitative estimate of drug-likeness (QED) is 0.829. The molecule has 2 saturated heterocycles. The van der Waals surface area contributed by atoms with Gasteiger partial charge >= 0.3 is 0 Å². The highest BCUT2D eigenvalue weighted by Crippen LogP contribution is 2.25. The summed E-state index contributed by atoms with van der Waals surface area (Å²) in [6.07, 6.45) is 0.586. The minimum atomic E-state index is 0. The molecular weight excluding hydrogens is 272 g/mol. The molecule has 106 valence electrons. The topological polar surface area (TPSA) is 41.6 Å². The number of ether oxygens (including phenoxy) is 1. The molecule has 0 saturated carbocycles. The Balaban J connectivity index is 0.00000162. The molecule has 1 N–H and O–H groups in total. The first-order chi connectivity index (χ1) is 8.18. The average molecular weight is 295 g/mol. The molecule has 2 heterocycles. The van der Waals surface area contributed by atoms with E-state index >= 15 is 0 Å². The standard InChI is InChI=1S/C12H22N2O2S.ClH/c1-9-10(2)17-6-4-14(9)12(15)7-11-8-13-3-5-16-11;/h9-11,13H,3-8H2,1-2H3;1H. The summed E-state index contributed by atoms with van der Waals surface area (Å²) >= 11 is 1.96. The fraction of sp³-hybridized carbons (Fsp3) is 0.917. The van der Waals surface area contributed by atoms with Gasteiger partial charge in [0.05, 0.1) is 19.1 Å². The van der Waals surface area contributed by atoms with Crippen LogP contribution in [0.5, 0.6) is 0 Å². The Hall–Kier alpha value is 0.0300. The lowest BCUT2D eigenvalue weighted by molar-refractivity contribution is -0.136. The van der Waals surface area contributed by atoms with E-state index in [1.54, 1.807) is 0 Å². The molecule has 0 aromatic rings. The van der Waals surface area contributed by atoms with E-state index in [4.69, 9.17) is 4.74 Å². The number of halogens is 1. The van der Waals surface area contributed by atoms with E-state index in [1.807, 2.05) is 16.7 Å². The van der Waals surface area contributed by atoms with Crippen molar-refractivity contribution in [1.29, 1.82) is 0 Å². The maximum Gasteiger partial charge on any atom is 0.225 e. The van der Waals surface area contributed by atoms with Crippen LogP contribution in [0.25, 0.3) is 0 Å². The van der Waals surface area contributed by atoms with Gasteiger partial charge < -0.3 is 15.0 Å². The molecule has 0 aromatic carbocycles. The van der Waals surface area contributed by atoms with Crippen molar-refractivity contribution < 1.29 is 9.53 Å². The second kappa shape index (κ2) is 7.58. The van der Waals surface area contributed by atoms with Gasteiger partial charge in [-0.15, -0.1) is 12.4 Å². The van der Waals surface area contributed by atoms with Gasteiger partial charge in [-0.05, 0) is 6.92 Å². The number of nitrogens with zero attached hydrogens (tertiary/aromatic N) is 1. The van der Waals surface area contributed by atoms with Crippen molar-refractivity contribution in [3.63, 3.8) is 0 Å². The van der Waals surface area contributed by atoms with Crippen LogP contribution in [-0.4, -0.2) is 60.2 Å². The maximum atomic E-state index is 12.2. The highest BCUT2D eigenvalue weighted by atomic mass is 35.5. The van der Waals surface area contributed by atoms with Crippen molar-refractivity contribution in [3.8, 4) is 0 Å². The van der Waals surface area contributed by atoms with Gasteiger partial charge in [0.1, 0.15) is 0 Å². The van der Waals surface area contributed by atoms with Crippen LogP contribution in [-0.2, 0) is 9.53 Å². The van der Waals surface area contributed by atoms with Gasteiger partial charge in [-0.3, -0.25) is 4.79 Å². The van der Waals surface area contributed by atoms with Crippen molar-refractivity contribution in [2.75, 3.05) is 32.0 Å². The van der Waals surface area contributed by atoms with Crippen LogP contribution in [0.1, 0.15) is 20.3 Å². The van der Waals surface area contributed by atoms with Gasteiger partial charge in [-0.2, -0.15) is 11.8 Å². The molecule has 2 fully saturated rings. The molecule has 4 nitrogen and oxygen atoms in total. The van der Waals surface area contributed by atoms with E-state index in [0.29, 0.717) is 17.7 Å². The summed E-state index contributed by atoms with van der Waals surface area (Å²) in [4.78, 5) is 14.3.